The van der Waals surface area contributed by atoms with Gasteiger partial charge in [-0.2, -0.15) is 19.5 Å². The van der Waals surface area contributed by atoms with Crippen molar-refractivity contribution in [2.24, 2.45) is 5.92 Å². The Morgan fingerprint density at radius 1 is 1.09 bits per heavy atom. The van der Waals surface area contributed by atoms with E-state index in [4.69, 9.17) is 14.9 Å². The van der Waals surface area contributed by atoms with Crippen LogP contribution >= 0.6 is 0 Å². The highest BCUT2D eigenvalue weighted by Gasteiger charge is 2.34. The maximum atomic E-state index is 6.19. The molecule has 11 nitrogen and oxygen atoms in total. The first-order chi connectivity index (χ1) is 16.2. The van der Waals surface area contributed by atoms with E-state index in [0.29, 0.717) is 35.3 Å². The lowest BCUT2D eigenvalue weighted by molar-refractivity contribution is 0.0725. The zero-order chi connectivity index (χ0) is 22.2. The normalized spacial score (nSPS) is 21.3. The third-order valence-electron chi connectivity index (χ3n) is 6.37. The van der Waals surface area contributed by atoms with Gasteiger partial charge in [0.25, 0.3) is 5.78 Å². The molecule has 4 aromatic rings. The van der Waals surface area contributed by atoms with Crippen LogP contribution in [0.25, 0.3) is 17.4 Å². The summed E-state index contributed by atoms with van der Waals surface area (Å²) in [5, 5.41) is 4.37. The Bertz CT molecular complexity index is 1230. The van der Waals surface area contributed by atoms with Gasteiger partial charge in [-0.05, 0) is 37.1 Å². The summed E-state index contributed by atoms with van der Waals surface area (Å²) in [6, 6.07) is 7.91. The first-order valence-corrected chi connectivity index (χ1v) is 11.2. The zero-order valence-corrected chi connectivity index (χ0v) is 18.1. The number of fused-ring (bicyclic) bond motifs is 2. The van der Waals surface area contributed by atoms with Gasteiger partial charge in [0.1, 0.15) is 5.75 Å². The summed E-state index contributed by atoms with van der Waals surface area (Å²) in [5.41, 5.74) is 6.19. The largest absolute Gasteiger partial charge is 0.492 e. The van der Waals surface area contributed by atoms with Gasteiger partial charge in [0.2, 0.25) is 17.7 Å². The summed E-state index contributed by atoms with van der Waals surface area (Å²) in [4.78, 5) is 22.5. The molecule has 0 bridgehead atoms. The first-order valence-electron chi connectivity index (χ1n) is 11.2. The molecule has 33 heavy (non-hydrogen) atoms. The van der Waals surface area contributed by atoms with Crippen molar-refractivity contribution in [2.45, 2.75) is 18.9 Å². The highest BCUT2D eigenvalue weighted by molar-refractivity contribution is 5.53. The number of ether oxygens (including phenoxy) is 1. The minimum absolute atomic E-state index is 0.263. The molecule has 0 amide bonds. The van der Waals surface area contributed by atoms with Crippen molar-refractivity contribution < 1.29 is 9.15 Å². The van der Waals surface area contributed by atoms with E-state index in [2.05, 4.69) is 34.8 Å². The maximum absolute atomic E-state index is 6.19. The number of hydrogen-bond donors (Lipinski definition) is 1. The minimum atomic E-state index is 0.263. The van der Waals surface area contributed by atoms with Crippen LogP contribution in [0.5, 0.6) is 5.75 Å². The van der Waals surface area contributed by atoms with E-state index in [9.17, 15) is 0 Å². The molecule has 2 aliphatic heterocycles. The topological polar surface area (TPSA) is 124 Å². The third kappa shape index (κ3) is 3.95. The molecule has 0 radical (unpaired) electrons. The number of nitrogen functional groups attached to an aromatic ring is 1. The van der Waals surface area contributed by atoms with Gasteiger partial charge in [-0.25, -0.2) is 0 Å². The fourth-order valence-corrected chi connectivity index (χ4v) is 4.67. The predicted molar refractivity (Wildman–Crippen MR) is 121 cm³/mol. The minimum Gasteiger partial charge on any atom is -0.492 e. The molecule has 0 spiro atoms. The molecule has 2 N–H and O–H groups in total. The number of hydrogen-bond acceptors (Lipinski definition) is 10. The first kappa shape index (κ1) is 19.9. The van der Waals surface area contributed by atoms with E-state index < -0.39 is 0 Å². The van der Waals surface area contributed by atoms with E-state index in [0.717, 1.165) is 51.4 Å². The van der Waals surface area contributed by atoms with Crippen molar-refractivity contribution in [2.75, 3.05) is 43.4 Å². The highest BCUT2D eigenvalue weighted by atomic mass is 16.5. The van der Waals surface area contributed by atoms with Crippen molar-refractivity contribution in [1.82, 2.24) is 34.4 Å². The SMILES string of the molecule is Nc1nc(N2CCN3CC(COc4cccnc4)CCC3C2)nc2nc(-c3ccco3)nn12. The smallest absolute Gasteiger partial charge is 0.259 e. The molecule has 0 saturated carbocycles. The summed E-state index contributed by atoms with van der Waals surface area (Å²) in [5.74, 6) is 3.64. The second-order valence-corrected chi connectivity index (χ2v) is 8.54. The number of anilines is 2. The fraction of sp³-hybridized carbons (Fsp3) is 0.409. The summed E-state index contributed by atoms with van der Waals surface area (Å²) in [7, 11) is 0. The number of aromatic nitrogens is 6. The number of piperazine rings is 1. The van der Waals surface area contributed by atoms with Crippen molar-refractivity contribution in [1.29, 1.82) is 0 Å². The lowest BCUT2D eigenvalue weighted by atomic mass is 9.91. The van der Waals surface area contributed by atoms with Crippen molar-refractivity contribution >= 4 is 17.7 Å². The van der Waals surface area contributed by atoms with Gasteiger partial charge >= 0.3 is 0 Å². The van der Waals surface area contributed by atoms with Crippen LogP contribution in [0.2, 0.25) is 0 Å². The number of piperidine rings is 1. The van der Waals surface area contributed by atoms with Crippen LogP contribution in [0.3, 0.4) is 0 Å². The summed E-state index contributed by atoms with van der Waals surface area (Å²) >= 11 is 0. The van der Waals surface area contributed by atoms with E-state index >= 15 is 0 Å². The van der Waals surface area contributed by atoms with Gasteiger partial charge in [-0.15, -0.1) is 5.10 Å². The molecule has 6 heterocycles. The van der Waals surface area contributed by atoms with Crippen LogP contribution in [0.4, 0.5) is 11.9 Å². The summed E-state index contributed by atoms with van der Waals surface area (Å²) < 4.78 is 12.8. The third-order valence-corrected chi connectivity index (χ3v) is 6.37. The second kappa shape index (κ2) is 8.32. The molecule has 2 unspecified atom stereocenters. The number of pyridine rings is 1. The summed E-state index contributed by atoms with van der Waals surface area (Å²) in [6.07, 6.45) is 7.35. The monoisotopic (exact) mass is 447 g/mol. The Kier molecular flexibility index (Phi) is 5.02. The van der Waals surface area contributed by atoms with E-state index in [1.165, 1.54) is 4.52 Å². The molecule has 2 atom stereocenters. The fourth-order valence-electron chi connectivity index (χ4n) is 4.67. The van der Waals surface area contributed by atoms with Crippen LogP contribution in [0.1, 0.15) is 12.8 Å². The van der Waals surface area contributed by atoms with Gasteiger partial charge < -0.3 is 19.8 Å². The van der Waals surface area contributed by atoms with Gasteiger partial charge in [0.15, 0.2) is 5.76 Å². The Balaban J connectivity index is 1.12. The Labute approximate surface area is 190 Å². The predicted octanol–water partition coefficient (Wildman–Crippen LogP) is 1.74. The number of nitrogens with zero attached hydrogens (tertiary/aromatic N) is 8. The number of furan rings is 1. The average molecular weight is 448 g/mol. The van der Waals surface area contributed by atoms with Gasteiger partial charge in [-0.3, -0.25) is 9.88 Å². The molecule has 2 fully saturated rings. The van der Waals surface area contributed by atoms with Crippen LogP contribution in [0.15, 0.2) is 47.3 Å². The number of rotatable bonds is 5. The quantitative estimate of drug-likeness (QED) is 0.484. The number of nitrogens with two attached hydrogens (primary N) is 1. The van der Waals surface area contributed by atoms with Gasteiger partial charge in [-0.1, -0.05) is 0 Å². The van der Waals surface area contributed by atoms with Crippen molar-refractivity contribution in [3.8, 4) is 17.3 Å². The Morgan fingerprint density at radius 3 is 2.91 bits per heavy atom. The van der Waals surface area contributed by atoms with Gasteiger partial charge in [0.05, 0.1) is 19.1 Å². The molecular formula is C22H25N9O2. The van der Waals surface area contributed by atoms with Crippen LogP contribution in [-0.2, 0) is 0 Å². The van der Waals surface area contributed by atoms with Gasteiger partial charge in [0, 0.05) is 44.3 Å². The van der Waals surface area contributed by atoms with E-state index in [-0.39, 0.29) is 5.95 Å². The molecule has 0 aliphatic carbocycles. The van der Waals surface area contributed by atoms with Crippen molar-refractivity contribution in [3.05, 3.63) is 42.9 Å². The molecule has 4 aromatic heterocycles. The van der Waals surface area contributed by atoms with Crippen molar-refractivity contribution in [3.63, 3.8) is 0 Å². The molecule has 170 valence electrons. The van der Waals surface area contributed by atoms with Crippen LogP contribution in [0, 0.1) is 5.92 Å². The molecule has 11 heteroatoms. The standard InChI is InChI=1S/C22H25N9O2/c23-20-26-21(27-22-25-19(28-31(20)22)18-4-2-10-32-18)30-9-8-29-12-15(5-6-16(29)13-30)14-33-17-3-1-7-24-11-17/h1-4,7,10-11,15-16H,5-6,8-9,12-14H2,(H2,23,25,26,27,28). The molecule has 6 rings (SSSR count). The maximum Gasteiger partial charge on any atom is 0.259 e. The van der Waals surface area contributed by atoms with Crippen LogP contribution in [-0.4, -0.2) is 73.3 Å². The van der Waals surface area contributed by atoms with Crippen LogP contribution < -0.4 is 15.4 Å². The molecule has 2 saturated heterocycles. The zero-order valence-electron chi connectivity index (χ0n) is 18.1. The lowest BCUT2D eigenvalue weighted by Gasteiger charge is -2.46. The second-order valence-electron chi connectivity index (χ2n) is 8.54. The Hall–Kier alpha value is -3.73. The van der Waals surface area contributed by atoms with E-state index in [1.54, 1.807) is 30.8 Å². The average Bonchev–Trinajstić information content (AvgIpc) is 3.53. The molecule has 2 aliphatic rings. The highest BCUT2D eigenvalue weighted by Crippen LogP contribution is 2.28. The molecule has 0 aromatic carbocycles. The molecular weight excluding hydrogens is 422 g/mol. The lowest BCUT2D eigenvalue weighted by Crippen LogP contribution is -2.57. The summed E-state index contributed by atoms with van der Waals surface area (Å²) in [6.45, 7) is 4.41. The van der Waals surface area contributed by atoms with E-state index in [1.807, 2.05) is 12.1 Å². The Morgan fingerprint density at radius 2 is 2.06 bits per heavy atom.